The number of hydrogen-bond acceptors (Lipinski definition) is 4. The maximum Gasteiger partial charge on any atom is 0.175 e. The molecule has 0 bridgehead atoms. The number of hydroxylamine groups is 2. The van der Waals surface area contributed by atoms with E-state index in [0.717, 1.165) is 17.0 Å². The van der Waals surface area contributed by atoms with E-state index in [1.807, 2.05) is 69.3 Å². The Morgan fingerprint density at radius 3 is 2.24 bits per heavy atom. The fraction of sp³-hybridized carbons (Fsp3) is 0.294. The molecular formula is C17H19N3O. The SMILES string of the molecule is CC1(C)C(c2ccccc2)=NC(C)(c2ccccn2)N1O. The molecule has 21 heavy (non-hydrogen) atoms. The Hall–Kier alpha value is -2.04. The molecule has 0 spiro atoms. The van der Waals surface area contributed by atoms with Crippen molar-refractivity contribution >= 4 is 5.71 Å². The number of hydrogen-bond donors (Lipinski definition) is 1. The number of benzene rings is 1. The van der Waals surface area contributed by atoms with Gasteiger partial charge >= 0.3 is 0 Å². The summed E-state index contributed by atoms with van der Waals surface area (Å²) >= 11 is 0. The molecule has 1 aliphatic rings. The van der Waals surface area contributed by atoms with Crippen LogP contribution in [0.1, 0.15) is 32.0 Å². The zero-order valence-corrected chi connectivity index (χ0v) is 12.5. The van der Waals surface area contributed by atoms with E-state index in [1.54, 1.807) is 6.20 Å². The minimum Gasteiger partial charge on any atom is -0.310 e. The van der Waals surface area contributed by atoms with Gasteiger partial charge in [0.1, 0.15) is 0 Å². The van der Waals surface area contributed by atoms with Crippen LogP contribution in [0.5, 0.6) is 0 Å². The standard InChI is InChI=1S/C17H19N3O/c1-16(2)15(13-9-5-4-6-10-13)19-17(3,20(16)21)14-11-7-8-12-18-14/h4-12,21H,1-3H3. The highest BCUT2D eigenvalue weighted by Gasteiger charge is 2.51. The molecule has 2 aromatic rings. The summed E-state index contributed by atoms with van der Waals surface area (Å²) in [5.74, 6) is 0. The van der Waals surface area contributed by atoms with Crippen molar-refractivity contribution in [3.05, 3.63) is 66.0 Å². The lowest BCUT2D eigenvalue weighted by molar-refractivity contribution is -0.199. The van der Waals surface area contributed by atoms with Crippen molar-refractivity contribution in [2.75, 3.05) is 0 Å². The van der Waals surface area contributed by atoms with Crippen LogP contribution in [-0.4, -0.2) is 26.5 Å². The monoisotopic (exact) mass is 281 g/mol. The van der Waals surface area contributed by atoms with E-state index >= 15 is 0 Å². The fourth-order valence-electron chi connectivity index (χ4n) is 2.87. The average molecular weight is 281 g/mol. The van der Waals surface area contributed by atoms with Crippen molar-refractivity contribution in [2.24, 2.45) is 4.99 Å². The largest absolute Gasteiger partial charge is 0.310 e. The third-order valence-corrected chi connectivity index (χ3v) is 4.05. The molecule has 1 aromatic heterocycles. The molecule has 0 saturated carbocycles. The van der Waals surface area contributed by atoms with Gasteiger partial charge in [0, 0.05) is 6.20 Å². The molecule has 2 heterocycles. The first-order valence-corrected chi connectivity index (χ1v) is 7.03. The Kier molecular flexibility index (Phi) is 3.15. The lowest BCUT2D eigenvalue weighted by Crippen LogP contribution is -2.50. The smallest absolute Gasteiger partial charge is 0.175 e. The maximum atomic E-state index is 10.7. The summed E-state index contributed by atoms with van der Waals surface area (Å²) in [4.78, 5) is 9.19. The summed E-state index contributed by atoms with van der Waals surface area (Å²) in [7, 11) is 0. The summed E-state index contributed by atoms with van der Waals surface area (Å²) < 4.78 is 0. The molecule has 0 saturated heterocycles. The molecule has 0 amide bonds. The zero-order valence-electron chi connectivity index (χ0n) is 12.5. The number of nitrogens with zero attached hydrogens (tertiary/aromatic N) is 3. The second kappa shape index (κ2) is 4.76. The summed E-state index contributed by atoms with van der Waals surface area (Å²) in [6.45, 7) is 5.81. The second-order valence-electron chi connectivity index (χ2n) is 5.93. The van der Waals surface area contributed by atoms with Crippen LogP contribution in [0.2, 0.25) is 0 Å². The van der Waals surface area contributed by atoms with Gasteiger partial charge in [0.05, 0.1) is 16.9 Å². The Labute approximate surface area is 124 Å². The molecule has 1 N–H and O–H groups in total. The van der Waals surface area contributed by atoms with Gasteiger partial charge in [-0.1, -0.05) is 36.4 Å². The molecule has 1 unspecified atom stereocenters. The first-order chi connectivity index (χ1) is 9.96. The van der Waals surface area contributed by atoms with Crippen molar-refractivity contribution in [3.63, 3.8) is 0 Å². The second-order valence-corrected chi connectivity index (χ2v) is 5.93. The summed E-state index contributed by atoms with van der Waals surface area (Å²) in [6, 6.07) is 15.6. The predicted octanol–water partition coefficient (Wildman–Crippen LogP) is 3.23. The van der Waals surface area contributed by atoms with E-state index in [9.17, 15) is 5.21 Å². The van der Waals surface area contributed by atoms with E-state index in [1.165, 1.54) is 5.06 Å². The Bertz CT molecular complexity index is 667. The van der Waals surface area contributed by atoms with Gasteiger partial charge in [-0.05, 0) is 38.5 Å². The summed E-state index contributed by atoms with van der Waals surface area (Å²) in [6.07, 6.45) is 1.72. The van der Waals surface area contributed by atoms with Crippen LogP contribution in [0.25, 0.3) is 0 Å². The number of rotatable bonds is 2. The van der Waals surface area contributed by atoms with Crippen LogP contribution in [-0.2, 0) is 5.66 Å². The average Bonchev–Trinajstić information content (AvgIpc) is 2.71. The van der Waals surface area contributed by atoms with Crippen LogP contribution in [0.15, 0.2) is 59.7 Å². The zero-order chi connectivity index (χ0) is 15.1. The Morgan fingerprint density at radius 2 is 1.62 bits per heavy atom. The van der Waals surface area contributed by atoms with Crippen LogP contribution in [0.3, 0.4) is 0 Å². The van der Waals surface area contributed by atoms with Gasteiger partial charge in [-0.2, -0.15) is 0 Å². The first-order valence-electron chi connectivity index (χ1n) is 7.03. The van der Waals surface area contributed by atoms with Gasteiger partial charge in [-0.25, -0.2) is 0 Å². The molecule has 0 aliphatic carbocycles. The van der Waals surface area contributed by atoms with E-state index in [0.29, 0.717) is 0 Å². The van der Waals surface area contributed by atoms with E-state index in [2.05, 4.69) is 4.98 Å². The molecule has 0 radical (unpaired) electrons. The molecule has 108 valence electrons. The van der Waals surface area contributed by atoms with Crippen molar-refractivity contribution in [2.45, 2.75) is 32.0 Å². The molecule has 3 rings (SSSR count). The third-order valence-electron chi connectivity index (χ3n) is 4.05. The highest BCUT2D eigenvalue weighted by atomic mass is 16.5. The van der Waals surface area contributed by atoms with Crippen LogP contribution in [0.4, 0.5) is 0 Å². The number of aromatic nitrogens is 1. The van der Waals surface area contributed by atoms with E-state index in [4.69, 9.17) is 4.99 Å². The summed E-state index contributed by atoms with van der Waals surface area (Å²) in [5, 5.41) is 12.0. The Balaban J connectivity index is 2.15. The van der Waals surface area contributed by atoms with Crippen molar-refractivity contribution in [1.29, 1.82) is 0 Å². The molecular weight excluding hydrogens is 262 g/mol. The van der Waals surface area contributed by atoms with Gasteiger partial charge in [-0.3, -0.25) is 9.98 Å². The molecule has 1 aliphatic heterocycles. The van der Waals surface area contributed by atoms with E-state index in [-0.39, 0.29) is 0 Å². The van der Waals surface area contributed by atoms with Gasteiger partial charge in [-0.15, -0.1) is 5.06 Å². The predicted molar refractivity (Wildman–Crippen MR) is 82.3 cm³/mol. The summed E-state index contributed by atoms with van der Waals surface area (Å²) in [5.41, 5.74) is 1.13. The minimum absolute atomic E-state index is 0.590. The van der Waals surface area contributed by atoms with Crippen molar-refractivity contribution < 1.29 is 5.21 Å². The van der Waals surface area contributed by atoms with Crippen molar-refractivity contribution in [3.8, 4) is 0 Å². The lowest BCUT2D eigenvalue weighted by atomic mass is 9.92. The Morgan fingerprint density at radius 1 is 0.952 bits per heavy atom. The minimum atomic E-state index is -0.879. The maximum absolute atomic E-state index is 10.7. The number of pyridine rings is 1. The quantitative estimate of drug-likeness (QED) is 0.919. The molecule has 4 nitrogen and oxygen atoms in total. The first kappa shape index (κ1) is 13.9. The van der Waals surface area contributed by atoms with Gasteiger partial charge in [0.25, 0.3) is 0 Å². The topological polar surface area (TPSA) is 48.7 Å². The molecule has 0 fully saturated rings. The van der Waals surface area contributed by atoms with Crippen molar-refractivity contribution in [1.82, 2.24) is 10.0 Å². The highest BCUT2D eigenvalue weighted by Crippen LogP contribution is 2.41. The van der Waals surface area contributed by atoms with Crippen LogP contribution in [0, 0.1) is 0 Å². The van der Waals surface area contributed by atoms with E-state index < -0.39 is 11.2 Å². The normalized spacial score (nSPS) is 24.9. The highest BCUT2D eigenvalue weighted by molar-refractivity contribution is 6.08. The van der Waals surface area contributed by atoms with Gasteiger partial charge < -0.3 is 5.21 Å². The fourth-order valence-corrected chi connectivity index (χ4v) is 2.87. The van der Waals surface area contributed by atoms with Gasteiger partial charge in [0.2, 0.25) is 0 Å². The third kappa shape index (κ3) is 2.07. The lowest BCUT2D eigenvalue weighted by Gasteiger charge is -2.35. The van der Waals surface area contributed by atoms with Crippen LogP contribution >= 0.6 is 0 Å². The molecule has 1 atom stereocenters. The van der Waals surface area contributed by atoms with Crippen LogP contribution < -0.4 is 0 Å². The van der Waals surface area contributed by atoms with Gasteiger partial charge in [0.15, 0.2) is 5.66 Å². The molecule has 4 heteroatoms. The molecule has 1 aromatic carbocycles. The number of aliphatic imine (C=N–C) groups is 1.